The lowest BCUT2D eigenvalue weighted by molar-refractivity contribution is 0.102. The molecule has 0 aliphatic rings. The molecule has 5 heteroatoms. The zero-order valence-electron chi connectivity index (χ0n) is 14.6. The topological polar surface area (TPSA) is 59.8 Å². The second kappa shape index (κ2) is 6.44. The van der Waals surface area contributed by atoms with E-state index in [1.54, 1.807) is 10.9 Å². The van der Waals surface area contributed by atoms with Gasteiger partial charge in [-0.3, -0.25) is 4.79 Å². The Morgan fingerprint density at radius 3 is 2.54 bits per heavy atom. The van der Waals surface area contributed by atoms with Gasteiger partial charge in [-0.15, -0.1) is 0 Å². The van der Waals surface area contributed by atoms with Crippen LogP contribution in [0.25, 0.3) is 16.6 Å². The van der Waals surface area contributed by atoms with Crippen molar-refractivity contribution in [3.05, 3.63) is 83.8 Å². The second-order valence-corrected chi connectivity index (χ2v) is 6.22. The van der Waals surface area contributed by atoms with Crippen LogP contribution < -0.4 is 5.32 Å². The maximum absolute atomic E-state index is 12.7. The summed E-state index contributed by atoms with van der Waals surface area (Å²) in [4.78, 5) is 17.1. The number of hydrogen-bond donors (Lipinski definition) is 1. The van der Waals surface area contributed by atoms with Gasteiger partial charge in [0.05, 0.1) is 17.6 Å². The molecule has 0 aliphatic carbocycles. The van der Waals surface area contributed by atoms with Crippen molar-refractivity contribution in [1.82, 2.24) is 14.8 Å². The van der Waals surface area contributed by atoms with Crippen LogP contribution in [-0.2, 0) is 0 Å². The first-order valence-electron chi connectivity index (χ1n) is 8.40. The van der Waals surface area contributed by atoms with Crippen LogP contribution in [0.3, 0.4) is 0 Å². The van der Waals surface area contributed by atoms with E-state index in [1.165, 1.54) is 0 Å². The average Bonchev–Trinajstić information content (AvgIpc) is 3.00. The van der Waals surface area contributed by atoms with Crippen LogP contribution in [0.4, 0.5) is 5.69 Å². The monoisotopic (exact) mass is 342 g/mol. The molecular weight excluding hydrogens is 324 g/mol. The molecule has 1 amide bonds. The molecule has 2 aromatic heterocycles. The Labute approximate surface area is 151 Å². The Morgan fingerprint density at radius 2 is 1.81 bits per heavy atom. The molecule has 2 heterocycles. The molecule has 2 aromatic carbocycles. The molecule has 128 valence electrons. The number of carbonyl (C=O) groups is 1. The van der Waals surface area contributed by atoms with E-state index in [1.807, 2.05) is 74.5 Å². The van der Waals surface area contributed by atoms with Gasteiger partial charge in [-0.25, -0.2) is 9.67 Å². The normalized spacial score (nSPS) is 10.8. The number of hydrogen-bond acceptors (Lipinski definition) is 3. The molecule has 4 aromatic rings. The van der Waals surface area contributed by atoms with Gasteiger partial charge in [-0.1, -0.05) is 36.4 Å². The van der Waals surface area contributed by atoms with Gasteiger partial charge in [0.1, 0.15) is 0 Å². The van der Waals surface area contributed by atoms with E-state index in [0.717, 1.165) is 28.0 Å². The molecule has 26 heavy (non-hydrogen) atoms. The fraction of sp³-hybridized carbons (Fsp3) is 0.0952. The number of fused-ring (bicyclic) bond motifs is 1. The fourth-order valence-corrected chi connectivity index (χ4v) is 3.07. The van der Waals surface area contributed by atoms with E-state index in [0.29, 0.717) is 11.3 Å². The lowest BCUT2D eigenvalue weighted by Crippen LogP contribution is -2.13. The number of pyridine rings is 1. The molecule has 0 saturated carbocycles. The molecule has 5 nitrogen and oxygen atoms in total. The zero-order valence-corrected chi connectivity index (χ0v) is 14.6. The molecule has 1 N–H and O–H groups in total. The molecule has 0 aliphatic heterocycles. The maximum atomic E-state index is 12.7. The van der Waals surface area contributed by atoms with Gasteiger partial charge in [0, 0.05) is 11.3 Å². The number of rotatable bonds is 3. The summed E-state index contributed by atoms with van der Waals surface area (Å²) in [7, 11) is 0. The van der Waals surface area contributed by atoms with E-state index in [4.69, 9.17) is 0 Å². The summed E-state index contributed by atoms with van der Waals surface area (Å²) >= 11 is 0. The van der Waals surface area contributed by atoms with Crippen LogP contribution in [0.1, 0.15) is 21.7 Å². The molecule has 0 atom stereocenters. The quantitative estimate of drug-likeness (QED) is 0.604. The molecule has 0 bridgehead atoms. The molecule has 0 saturated heterocycles. The van der Waals surface area contributed by atoms with Crippen LogP contribution in [0, 0.1) is 13.8 Å². The number of carbonyl (C=O) groups excluding carboxylic acids is 1. The van der Waals surface area contributed by atoms with Gasteiger partial charge in [-0.2, -0.15) is 5.10 Å². The SMILES string of the molecule is Cc1cc(C)n(-c2ccc(NC(=O)c3cccc4ccccc34)cn2)n1. The minimum absolute atomic E-state index is 0.150. The molecular formula is C21H18N4O. The summed E-state index contributed by atoms with van der Waals surface area (Å²) in [6.07, 6.45) is 1.65. The Balaban J connectivity index is 1.59. The highest BCUT2D eigenvalue weighted by Gasteiger charge is 2.11. The number of benzene rings is 2. The van der Waals surface area contributed by atoms with Gasteiger partial charge < -0.3 is 5.32 Å². The maximum Gasteiger partial charge on any atom is 0.256 e. The number of aromatic nitrogens is 3. The van der Waals surface area contributed by atoms with Crippen molar-refractivity contribution in [2.75, 3.05) is 5.32 Å². The van der Waals surface area contributed by atoms with E-state index in [2.05, 4.69) is 15.4 Å². The van der Waals surface area contributed by atoms with Crippen LogP contribution in [0.15, 0.2) is 66.9 Å². The first-order valence-corrected chi connectivity index (χ1v) is 8.40. The Kier molecular flexibility index (Phi) is 3.97. The van der Waals surface area contributed by atoms with Crippen molar-refractivity contribution in [2.45, 2.75) is 13.8 Å². The van der Waals surface area contributed by atoms with Gasteiger partial charge >= 0.3 is 0 Å². The van der Waals surface area contributed by atoms with Crippen molar-refractivity contribution in [2.24, 2.45) is 0 Å². The molecule has 0 spiro atoms. The highest BCUT2D eigenvalue weighted by molar-refractivity contribution is 6.12. The van der Waals surface area contributed by atoms with Crippen LogP contribution in [0.2, 0.25) is 0 Å². The highest BCUT2D eigenvalue weighted by atomic mass is 16.1. The van der Waals surface area contributed by atoms with Gasteiger partial charge in [0.25, 0.3) is 5.91 Å². The molecule has 0 unspecified atom stereocenters. The number of amides is 1. The van der Waals surface area contributed by atoms with Crippen LogP contribution in [-0.4, -0.2) is 20.7 Å². The lowest BCUT2D eigenvalue weighted by atomic mass is 10.0. The summed E-state index contributed by atoms with van der Waals surface area (Å²) in [6, 6.07) is 19.2. The summed E-state index contributed by atoms with van der Waals surface area (Å²) in [5, 5.41) is 9.31. The lowest BCUT2D eigenvalue weighted by Gasteiger charge is -2.09. The summed E-state index contributed by atoms with van der Waals surface area (Å²) in [6.45, 7) is 3.93. The minimum atomic E-state index is -0.150. The molecule has 4 rings (SSSR count). The summed E-state index contributed by atoms with van der Waals surface area (Å²) in [5.41, 5.74) is 3.25. The van der Waals surface area contributed by atoms with E-state index >= 15 is 0 Å². The Morgan fingerprint density at radius 1 is 1.00 bits per heavy atom. The van der Waals surface area contributed by atoms with Gasteiger partial charge in [0.2, 0.25) is 0 Å². The third-order valence-electron chi connectivity index (χ3n) is 4.27. The number of anilines is 1. The largest absolute Gasteiger partial charge is 0.321 e. The summed E-state index contributed by atoms with van der Waals surface area (Å²) < 4.78 is 1.78. The summed E-state index contributed by atoms with van der Waals surface area (Å²) in [5.74, 6) is 0.571. The zero-order chi connectivity index (χ0) is 18.1. The third kappa shape index (κ3) is 2.95. The van der Waals surface area contributed by atoms with Crippen molar-refractivity contribution in [3.8, 4) is 5.82 Å². The van der Waals surface area contributed by atoms with Crippen molar-refractivity contribution in [1.29, 1.82) is 0 Å². The smallest absolute Gasteiger partial charge is 0.256 e. The van der Waals surface area contributed by atoms with E-state index < -0.39 is 0 Å². The van der Waals surface area contributed by atoms with E-state index in [-0.39, 0.29) is 5.91 Å². The van der Waals surface area contributed by atoms with E-state index in [9.17, 15) is 4.79 Å². The predicted molar refractivity (Wildman–Crippen MR) is 103 cm³/mol. The number of nitrogens with zero attached hydrogens (tertiary/aromatic N) is 3. The molecule has 0 fully saturated rings. The number of aryl methyl sites for hydroxylation is 2. The average molecular weight is 342 g/mol. The predicted octanol–water partition coefficient (Wildman–Crippen LogP) is 4.29. The van der Waals surface area contributed by atoms with Crippen molar-refractivity contribution in [3.63, 3.8) is 0 Å². The van der Waals surface area contributed by atoms with Crippen molar-refractivity contribution < 1.29 is 4.79 Å². The third-order valence-corrected chi connectivity index (χ3v) is 4.27. The van der Waals surface area contributed by atoms with Gasteiger partial charge in [-0.05, 0) is 48.9 Å². The first kappa shape index (κ1) is 16.0. The minimum Gasteiger partial charge on any atom is -0.321 e. The Hall–Kier alpha value is -3.47. The first-order chi connectivity index (χ1) is 12.6. The van der Waals surface area contributed by atoms with Crippen molar-refractivity contribution >= 4 is 22.4 Å². The number of nitrogens with one attached hydrogen (secondary N) is 1. The molecule has 0 radical (unpaired) electrons. The van der Waals surface area contributed by atoms with Crippen LogP contribution in [0.5, 0.6) is 0 Å². The van der Waals surface area contributed by atoms with Crippen LogP contribution >= 0.6 is 0 Å². The fourth-order valence-electron chi connectivity index (χ4n) is 3.07. The van der Waals surface area contributed by atoms with Gasteiger partial charge in [0.15, 0.2) is 5.82 Å². The standard InChI is InChI=1S/C21H18N4O/c1-14-12-15(2)25(24-14)20-11-10-17(13-22-20)23-21(26)19-9-5-7-16-6-3-4-8-18(16)19/h3-13H,1-2H3,(H,23,26). The Bertz CT molecular complexity index is 1090. The highest BCUT2D eigenvalue weighted by Crippen LogP contribution is 2.20. The second-order valence-electron chi connectivity index (χ2n) is 6.22.